The summed E-state index contributed by atoms with van der Waals surface area (Å²) in [6.07, 6.45) is 1.22. The van der Waals surface area contributed by atoms with Crippen LogP contribution in [-0.4, -0.2) is 56.8 Å². The lowest BCUT2D eigenvalue weighted by Crippen LogP contribution is -2.51. The zero-order valence-corrected chi connectivity index (χ0v) is 20.2. The average molecular weight is 499 g/mol. The second-order valence-electron chi connectivity index (χ2n) is 8.94. The molecular formula is C26H38N6O4. The summed E-state index contributed by atoms with van der Waals surface area (Å²) < 4.78 is 7.79. The number of amides is 2. The Bertz CT molecular complexity index is 1110. The highest BCUT2D eigenvalue weighted by molar-refractivity contribution is 5.85. The van der Waals surface area contributed by atoms with Gasteiger partial charge < -0.3 is 26.2 Å². The number of carbonyl (C=O) groups excluding carboxylic acids is 2. The van der Waals surface area contributed by atoms with Gasteiger partial charge in [-0.15, -0.1) is 10.2 Å². The van der Waals surface area contributed by atoms with Gasteiger partial charge in [-0.2, -0.15) is 0 Å². The fourth-order valence-electron chi connectivity index (χ4n) is 3.48. The Hall–Kier alpha value is -3.34. The van der Waals surface area contributed by atoms with Gasteiger partial charge in [0.1, 0.15) is 6.04 Å². The number of fused-ring (bicyclic) bond motifs is 1. The maximum atomic E-state index is 12.7. The molecule has 2 aromatic heterocycles. The van der Waals surface area contributed by atoms with Gasteiger partial charge in [0, 0.05) is 25.3 Å². The fourth-order valence-corrected chi connectivity index (χ4v) is 3.48. The third-order valence-electron chi connectivity index (χ3n) is 5.40. The smallest absolute Gasteiger partial charge is 0.240 e. The first-order valence-electron chi connectivity index (χ1n) is 11.7. The molecule has 0 aliphatic carbocycles. The van der Waals surface area contributed by atoms with Gasteiger partial charge in [-0.25, -0.2) is 0 Å². The number of nitrogens with two attached hydrogens (primary N) is 1. The van der Waals surface area contributed by atoms with Crippen LogP contribution >= 0.6 is 0 Å². The number of rotatable bonds is 13. The summed E-state index contributed by atoms with van der Waals surface area (Å²) in [4.78, 5) is 24.9. The Kier molecular flexibility index (Phi) is 11.0. The first-order chi connectivity index (χ1) is 16.8. The highest BCUT2D eigenvalue weighted by Gasteiger charge is 2.28. The molecule has 2 amide bonds. The molecule has 10 heteroatoms. The molecule has 0 saturated carbocycles. The van der Waals surface area contributed by atoms with E-state index >= 15 is 0 Å². The number of pyridine rings is 1. The molecule has 0 saturated heterocycles. The monoisotopic (exact) mass is 498 g/mol. The van der Waals surface area contributed by atoms with Gasteiger partial charge >= 0.3 is 0 Å². The van der Waals surface area contributed by atoms with Crippen molar-refractivity contribution in [3.63, 3.8) is 0 Å². The second kappa shape index (κ2) is 13.7. The molecule has 2 heterocycles. The number of aliphatic hydroxyl groups excluding tert-OH is 1. The average Bonchev–Trinajstić information content (AvgIpc) is 3.27. The lowest BCUT2D eigenvalue weighted by Gasteiger charge is -2.24. The summed E-state index contributed by atoms with van der Waals surface area (Å²) in [6.45, 7) is 4.26. The molecule has 1 aromatic carbocycles. The van der Waals surface area contributed by atoms with E-state index in [1.807, 2.05) is 52.9 Å². The Morgan fingerprint density at radius 1 is 1.14 bits per heavy atom. The van der Waals surface area contributed by atoms with Crippen molar-refractivity contribution >= 4 is 17.5 Å². The van der Waals surface area contributed by atoms with Crippen molar-refractivity contribution in [1.29, 1.82) is 0 Å². The van der Waals surface area contributed by atoms with Crippen molar-refractivity contribution in [1.82, 2.24) is 25.2 Å². The number of hydrogen-bond donors (Lipinski definition) is 4. The number of benzene rings is 1. The minimum absolute atomic E-state index is 0. The molecule has 1 atom stereocenters. The topological polar surface area (TPSA) is 144 Å². The van der Waals surface area contributed by atoms with Crippen molar-refractivity contribution in [2.45, 2.75) is 58.7 Å². The summed E-state index contributed by atoms with van der Waals surface area (Å²) in [5, 5.41) is 23.2. The lowest BCUT2D eigenvalue weighted by molar-refractivity contribution is -0.126. The highest BCUT2D eigenvalue weighted by atomic mass is 16.5. The van der Waals surface area contributed by atoms with Crippen LogP contribution in [0, 0.1) is 0 Å². The molecule has 3 aromatic rings. The Morgan fingerprint density at radius 3 is 2.58 bits per heavy atom. The third kappa shape index (κ3) is 8.11. The summed E-state index contributed by atoms with van der Waals surface area (Å²) >= 11 is 0. The molecule has 3 rings (SSSR count). The van der Waals surface area contributed by atoms with Gasteiger partial charge in [-0.3, -0.25) is 14.0 Å². The number of nitrogens with zero attached hydrogens (tertiary/aromatic N) is 3. The van der Waals surface area contributed by atoms with Gasteiger partial charge in [0.05, 0.1) is 18.8 Å². The maximum Gasteiger partial charge on any atom is 0.240 e. The summed E-state index contributed by atoms with van der Waals surface area (Å²) in [5.74, 6) is 0.0521. The van der Waals surface area contributed by atoms with Gasteiger partial charge in [0.2, 0.25) is 11.8 Å². The molecule has 36 heavy (non-hydrogen) atoms. The standard InChI is InChI=1S/C25H34N6O4.CH4/c1-25(2,26)24(34)28-20(17-35-16-18-8-4-3-5-9-18)23-30-29-21-11-6-10-19(31(21)23)12-13-22(33)27-14-7-15-32;/h3-6,8-11,20,32H,7,12-17,26H2,1-2H3,(H,27,33)(H,28,34);1H4/t20-;/m1./s1. The van der Waals surface area contributed by atoms with E-state index in [0.717, 1.165) is 11.3 Å². The van der Waals surface area contributed by atoms with Crippen LogP contribution in [0.1, 0.15) is 57.2 Å². The number of carbonyl (C=O) groups is 2. The number of aromatic nitrogens is 3. The van der Waals surface area contributed by atoms with Crippen LogP contribution < -0.4 is 16.4 Å². The molecule has 0 spiro atoms. The third-order valence-corrected chi connectivity index (χ3v) is 5.40. The second-order valence-corrected chi connectivity index (χ2v) is 8.94. The Labute approximate surface area is 212 Å². The first-order valence-corrected chi connectivity index (χ1v) is 11.7. The van der Waals surface area contributed by atoms with Crippen molar-refractivity contribution in [2.24, 2.45) is 5.73 Å². The molecule has 0 aliphatic heterocycles. The lowest BCUT2D eigenvalue weighted by atomic mass is 10.1. The van der Waals surface area contributed by atoms with Crippen molar-refractivity contribution < 1.29 is 19.4 Å². The predicted molar refractivity (Wildman–Crippen MR) is 138 cm³/mol. The van der Waals surface area contributed by atoms with E-state index in [-0.39, 0.29) is 38.9 Å². The van der Waals surface area contributed by atoms with Gasteiger partial charge in [0.25, 0.3) is 0 Å². The van der Waals surface area contributed by atoms with E-state index in [2.05, 4.69) is 20.8 Å². The van der Waals surface area contributed by atoms with E-state index in [4.69, 9.17) is 15.6 Å². The van der Waals surface area contributed by atoms with Crippen LogP contribution in [0.4, 0.5) is 0 Å². The van der Waals surface area contributed by atoms with Crippen molar-refractivity contribution in [3.05, 3.63) is 65.6 Å². The molecule has 0 bridgehead atoms. The van der Waals surface area contributed by atoms with Crippen molar-refractivity contribution in [3.8, 4) is 0 Å². The van der Waals surface area contributed by atoms with Crippen LogP contribution in [0.3, 0.4) is 0 Å². The number of aliphatic hydroxyl groups is 1. The summed E-state index contributed by atoms with van der Waals surface area (Å²) in [5.41, 5.74) is 7.37. The zero-order chi connectivity index (χ0) is 25.3. The van der Waals surface area contributed by atoms with E-state index in [1.165, 1.54) is 0 Å². The molecule has 196 valence electrons. The fraction of sp³-hybridized carbons (Fsp3) is 0.462. The summed E-state index contributed by atoms with van der Waals surface area (Å²) in [7, 11) is 0. The van der Waals surface area contributed by atoms with E-state index in [0.29, 0.717) is 37.5 Å². The van der Waals surface area contributed by atoms with Crippen LogP contribution in [-0.2, 0) is 27.4 Å². The molecule has 0 fully saturated rings. The quantitative estimate of drug-likeness (QED) is 0.264. The minimum atomic E-state index is -1.09. The molecule has 5 N–H and O–H groups in total. The normalized spacial score (nSPS) is 12.1. The molecule has 0 unspecified atom stereocenters. The largest absolute Gasteiger partial charge is 0.396 e. The van der Waals surface area contributed by atoms with Crippen LogP contribution in [0.2, 0.25) is 0 Å². The van der Waals surface area contributed by atoms with Crippen LogP contribution in [0.5, 0.6) is 0 Å². The van der Waals surface area contributed by atoms with Gasteiger partial charge in [-0.1, -0.05) is 43.8 Å². The van der Waals surface area contributed by atoms with E-state index in [9.17, 15) is 9.59 Å². The molecule has 0 radical (unpaired) electrons. The molecular weight excluding hydrogens is 460 g/mol. The van der Waals surface area contributed by atoms with Gasteiger partial charge in [0.15, 0.2) is 11.5 Å². The Morgan fingerprint density at radius 2 is 1.89 bits per heavy atom. The molecule has 10 nitrogen and oxygen atoms in total. The van der Waals surface area contributed by atoms with E-state index < -0.39 is 11.6 Å². The Balaban J connectivity index is 0.00000456. The van der Waals surface area contributed by atoms with Gasteiger partial charge in [-0.05, 0) is 44.4 Å². The number of nitrogens with one attached hydrogen (secondary N) is 2. The number of aryl methyl sites for hydroxylation is 1. The number of ether oxygens (including phenoxy) is 1. The minimum Gasteiger partial charge on any atom is -0.396 e. The van der Waals surface area contributed by atoms with Crippen molar-refractivity contribution in [2.75, 3.05) is 19.8 Å². The summed E-state index contributed by atoms with van der Waals surface area (Å²) in [6, 6.07) is 14.7. The predicted octanol–water partition coefficient (Wildman–Crippen LogP) is 1.91. The SMILES string of the molecule is C.CC(C)(N)C(=O)N[C@H](COCc1ccccc1)c1nnc2cccc(CCC(=O)NCCCO)n12. The highest BCUT2D eigenvalue weighted by Crippen LogP contribution is 2.19. The van der Waals surface area contributed by atoms with E-state index in [1.54, 1.807) is 13.8 Å². The zero-order valence-electron chi connectivity index (χ0n) is 20.2. The first kappa shape index (κ1) is 28.9. The maximum absolute atomic E-state index is 12.7. The van der Waals surface area contributed by atoms with Crippen LogP contribution in [0.15, 0.2) is 48.5 Å². The van der Waals surface area contributed by atoms with Crippen LogP contribution in [0.25, 0.3) is 5.65 Å². The molecule has 0 aliphatic rings. The number of hydrogen-bond acceptors (Lipinski definition) is 7.